The van der Waals surface area contributed by atoms with Crippen molar-refractivity contribution in [2.45, 2.75) is 33.4 Å². The van der Waals surface area contributed by atoms with E-state index in [9.17, 15) is 0 Å². The first kappa shape index (κ1) is 14.6. The smallest absolute Gasteiger partial charge is 0.124 e. The van der Waals surface area contributed by atoms with E-state index in [0.717, 1.165) is 25.3 Å². The molecule has 0 unspecified atom stereocenters. The molecule has 2 nitrogen and oxygen atoms in total. The second kappa shape index (κ2) is 7.71. The van der Waals surface area contributed by atoms with Crippen LogP contribution in [0, 0.1) is 6.92 Å². The predicted molar refractivity (Wildman–Crippen MR) is 84.0 cm³/mol. The second-order valence-electron chi connectivity index (χ2n) is 5.06. The van der Waals surface area contributed by atoms with E-state index in [-0.39, 0.29) is 0 Å². The molecule has 0 fully saturated rings. The van der Waals surface area contributed by atoms with E-state index in [4.69, 9.17) is 4.74 Å². The second-order valence-corrected chi connectivity index (χ2v) is 5.06. The summed E-state index contributed by atoms with van der Waals surface area (Å²) in [6.45, 7) is 6.80. The molecule has 0 amide bonds. The van der Waals surface area contributed by atoms with Gasteiger partial charge in [0.1, 0.15) is 12.4 Å². The number of aryl methyl sites for hydroxylation is 1. The van der Waals surface area contributed by atoms with Crippen LogP contribution < -0.4 is 10.1 Å². The molecule has 0 aromatic heterocycles. The van der Waals surface area contributed by atoms with Gasteiger partial charge in [-0.2, -0.15) is 0 Å². The average Bonchev–Trinajstić information content (AvgIpc) is 2.48. The normalized spacial score (nSPS) is 10.5. The Hall–Kier alpha value is -1.80. The van der Waals surface area contributed by atoms with Gasteiger partial charge in [0.2, 0.25) is 0 Å². The van der Waals surface area contributed by atoms with Gasteiger partial charge in [-0.25, -0.2) is 0 Å². The lowest BCUT2D eigenvalue weighted by molar-refractivity contribution is 0.302. The standard InChI is InChI=1S/C18H23NO/c1-3-11-19-13-17-12-15(2)9-10-18(17)20-14-16-7-5-4-6-8-16/h4-10,12,19H,3,11,13-14H2,1-2H3. The van der Waals surface area contributed by atoms with Crippen molar-refractivity contribution < 1.29 is 4.74 Å². The van der Waals surface area contributed by atoms with Gasteiger partial charge in [0.15, 0.2) is 0 Å². The largest absolute Gasteiger partial charge is 0.489 e. The van der Waals surface area contributed by atoms with E-state index in [1.54, 1.807) is 0 Å². The van der Waals surface area contributed by atoms with Gasteiger partial charge >= 0.3 is 0 Å². The minimum atomic E-state index is 0.616. The highest BCUT2D eigenvalue weighted by molar-refractivity contribution is 5.37. The van der Waals surface area contributed by atoms with Crippen LogP contribution in [-0.4, -0.2) is 6.54 Å². The Labute approximate surface area is 121 Å². The van der Waals surface area contributed by atoms with Crippen molar-refractivity contribution in [3.05, 3.63) is 65.2 Å². The maximum absolute atomic E-state index is 5.97. The third-order valence-electron chi connectivity index (χ3n) is 3.20. The molecule has 2 rings (SSSR count). The van der Waals surface area contributed by atoms with Crippen LogP contribution in [0.1, 0.15) is 30.0 Å². The Balaban J connectivity index is 2.02. The summed E-state index contributed by atoms with van der Waals surface area (Å²) in [4.78, 5) is 0. The lowest BCUT2D eigenvalue weighted by Crippen LogP contribution is -2.14. The minimum Gasteiger partial charge on any atom is -0.489 e. The van der Waals surface area contributed by atoms with Gasteiger partial charge < -0.3 is 10.1 Å². The zero-order valence-corrected chi connectivity index (χ0v) is 12.4. The zero-order valence-electron chi connectivity index (χ0n) is 12.4. The van der Waals surface area contributed by atoms with E-state index in [0.29, 0.717) is 6.61 Å². The first-order valence-electron chi connectivity index (χ1n) is 7.26. The van der Waals surface area contributed by atoms with Crippen LogP contribution in [0.4, 0.5) is 0 Å². The molecular weight excluding hydrogens is 246 g/mol. The van der Waals surface area contributed by atoms with E-state index in [1.807, 2.05) is 18.2 Å². The maximum Gasteiger partial charge on any atom is 0.124 e. The van der Waals surface area contributed by atoms with Crippen molar-refractivity contribution >= 4 is 0 Å². The summed E-state index contributed by atoms with van der Waals surface area (Å²) in [5, 5.41) is 3.44. The Kier molecular flexibility index (Phi) is 5.63. The molecule has 20 heavy (non-hydrogen) atoms. The molecule has 0 atom stereocenters. The molecular formula is C18H23NO. The summed E-state index contributed by atoms with van der Waals surface area (Å²) in [7, 11) is 0. The van der Waals surface area contributed by atoms with Crippen LogP contribution in [-0.2, 0) is 13.2 Å². The van der Waals surface area contributed by atoms with Crippen molar-refractivity contribution in [2.24, 2.45) is 0 Å². The third-order valence-corrected chi connectivity index (χ3v) is 3.20. The Morgan fingerprint density at radius 3 is 2.60 bits per heavy atom. The topological polar surface area (TPSA) is 21.3 Å². The fourth-order valence-electron chi connectivity index (χ4n) is 2.12. The van der Waals surface area contributed by atoms with Gasteiger partial charge in [-0.05, 0) is 31.5 Å². The van der Waals surface area contributed by atoms with Gasteiger partial charge in [0, 0.05) is 12.1 Å². The molecule has 0 bridgehead atoms. The average molecular weight is 269 g/mol. The van der Waals surface area contributed by atoms with Gasteiger partial charge in [0.05, 0.1) is 0 Å². The molecule has 0 aliphatic heterocycles. The highest BCUT2D eigenvalue weighted by Crippen LogP contribution is 2.21. The van der Waals surface area contributed by atoms with Crippen LogP contribution in [0.2, 0.25) is 0 Å². The quantitative estimate of drug-likeness (QED) is 0.765. The van der Waals surface area contributed by atoms with Crippen molar-refractivity contribution in [3.8, 4) is 5.75 Å². The molecule has 2 heteroatoms. The molecule has 0 aliphatic rings. The summed E-state index contributed by atoms with van der Waals surface area (Å²) in [5.41, 5.74) is 3.69. The van der Waals surface area contributed by atoms with Crippen molar-refractivity contribution in [2.75, 3.05) is 6.54 Å². The highest BCUT2D eigenvalue weighted by Gasteiger charge is 2.04. The van der Waals surface area contributed by atoms with E-state index >= 15 is 0 Å². The lowest BCUT2D eigenvalue weighted by atomic mass is 10.1. The van der Waals surface area contributed by atoms with Crippen molar-refractivity contribution in [1.29, 1.82) is 0 Å². The van der Waals surface area contributed by atoms with Gasteiger partial charge in [0.25, 0.3) is 0 Å². The lowest BCUT2D eigenvalue weighted by Gasteiger charge is -2.13. The van der Waals surface area contributed by atoms with E-state index < -0.39 is 0 Å². The number of hydrogen-bond acceptors (Lipinski definition) is 2. The fourth-order valence-corrected chi connectivity index (χ4v) is 2.12. The van der Waals surface area contributed by atoms with Crippen LogP contribution >= 0.6 is 0 Å². The summed E-state index contributed by atoms with van der Waals surface area (Å²) in [6, 6.07) is 16.6. The van der Waals surface area contributed by atoms with Crippen molar-refractivity contribution in [3.63, 3.8) is 0 Å². The zero-order chi connectivity index (χ0) is 14.2. The number of hydrogen-bond donors (Lipinski definition) is 1. The highest BCUT2D eigenvalue weighted by atomic mass is 16.5. The number of benzene rings is 2. The predicted octanol–water partition coefficient (Wildman–Crippen LogP) is 4.07. The molecule has 0 heterocycles. The fraction of sp³-hybridized carbons (Fsp3) is 0.333. The van der Waals surface area contributed by atoms with Gasteiger partial charge in [-0.1, -0.05) is 55.0 Å². The summed E-state index contributed by atoms with van der Waals surface area (Å²) in [6.07, 6.45) is 1.14. The van der Waals surface area contributed by atoms with Crippen LogP contribution in [0.15, 0.2) is 48.5 Å². The third kappa shape index (κ3) is 4.39. The molecule has 0 aliphatic carbocycles. The van der Waals surface area contributed by atoms with E-state index in [1.165, 1.54) is 16.7 Å². The number of nitrogens with one attached hydrogen (secondary N) is 1. The molecule has 0 saturated carbocycles. The SMILES string of the molecule is CCCNCc1cc(C)ccc1OCc1ccccc1. The van der Waals surface area contributed by atoms with E-state index in [2.05, 4.69) is 49.5 Å². The Morgan fingerprint density at radius 2 is 1.85 bits per heavy atom. The summed E-state index contributed by atoms with van der Waals surface area (Å²) >= 11 is 0. The number of rotatable bonds is 7. The maximum atomic E-state index is 5.97. The molecule has 1 N–H and O–H groups in total. The summed E-state index contributed by atoms with van der Waals surface area (Å²) < 4.78 is 5.97. The monoisotopic (exact) mass is 269 g/mol. The van der Waals surface area contributed by atoms with Gasteiger partial charge in [-0.15, -0.1) is 0 Å². The Morgan fingerprint density at radius 1 is 1.05 bits per heavy atom. The molecule has 2 aromatic rings. The summed E-state index contributed by atoms with van der Waals surface area (Å²) in [5.74, 6) is 0.975. The first-order chi connectivity index (χ1) is 9.79. The molecule has 0 spiro atoms. The van der Waals surface area contributed by atoms with Crippen LogP contribution in [0.5, 0.6) is 5.75 Å². The molecule has 2 aromatic carbocycles. The minimum absolute atomic E-state index is 0.616. The van der Waals surface area contributed by atoms with Crippen molar-refractivity contribution in [1.82, 2.24) is 5.32 Å². The molecule has 0 radical (unpaired) electrons. The molecule has 0 saturated heterocycles. The van der Waals surface area contributed by atoms with Crippen LogP contribution in [0.3, 0.4) is 0 Å². The molecule has 106 valence electrons. The first-order valence-corrected chi connectivity index (χ1v) is 7.26. The van der Waals surface area contributed by atoms with Gasteiger partial charge in [-0.3, -0.25) is 0 Å². The van der Waals surface area contributed by atoms with Crippen LogP contribution in [0.25, 0.3) is 0 Å². The Bertz CT molecular complexity index is 522. The number of ether oxygens (including phenoxy) is 1.